The fraction of sp³-hybridized carbons (Fsp3) is 0. The summed E-state index contributed by atoms with van der Waals surface area (Å²) in [6.07, 6.45) is 0. The van der Waals surface area contributed by atoms with Crippen LogP contribution in [0.25, 0.3) is 127 Å². The average molecular weight is 825 g/mol. The predicted molar refractivity (Wildman–Crippen MR) is 257 cm³/mol. The van der Waals surface area contributed by atoms with Crippen LogP contribution in [0.5, 0.6) is 0 Å². The van der Waals surface area contributed by atoms with Crippen molar-refractivity contribution in [3.8, 4) is 62.5 Å². The molecule has 0 spiro atoms. The van der Waals surface area contributed by atoms with Crippen LogP contribution < -0.4 is 0 Å². The largest absolute Gasteiger partial charge is 0.452 e. The maximum absolute atomic E-state index is 6.48. The van der Waals surface area contributed by atoms with Gasteiger partial charge in [0.1, 0.15) is 16.8 Å². The summed E-state index contributed by atoms with van der Waals surface area (Å²) in [5, 5.41) is 5.85. The molecule has 7 nitrogen and oxygen atoms in total. The quantitative estimate of drug-likeness (QED) is 0.166. The van der Waals surface area contributed by atoms with Crippen molar-refractivity contribution in [2.24, 2.45) is 0 Å². The lowest BCUT2D eigenvalue weighted by Gasteiger charge is -2.16. The van der Waals surface area contributed by atoms with Crippen LogP contribution in [0.15, 0.2) is 199 Å². The van der Waals surface area contributed by atoms with Crippen molar-refractivity contribution in [2.75, 3.05) is 0 Å². The van der Waals surface area contributed by atoms with Crippen molar-refractivity contribution < 1.29 is 4.42 Å². The summed E-state index contributed by atoms with van der Waals surface area (Å²) in [6, 6.07) is 66.8. The van der Waals surface area contributed by atoms with Gasteiger partial charge in [0.05, 0.1) is 16.7 Å². The van der Waals surface area contributed by atoms with E-state index in [-0.39, 0.29) is 0 Å². The molecule has 0 amide bonds. The normalized spacial score (nSPS) is 11.8. The highest BCUT2D eigenvalue weighted by molar-refractivity contribution is 7.26. The number of thiophene rings is 1. The van der Waals surface area contributed by atoms with Gasteiger partial charge in [0.2, 0.25) is 0 Å². The molecule has 5 heterocycles. The zero-order chi connectivity index (χ0) is 41.4. The van der Waals surface area contributed by atoms with Crippen LogP contribution in [-0.2, 0) is 0 Å². The van der Waals surface area contributed by atoms with Gasteiger partial charge in [-0.25, -0.2) is 24.9 Å². The van der Waals surface area contributed by atoms with Gasteiger partial charge in [-0.3, -0.25) is 0 Å². The molecule has 8 heteroatoms. The van der Waals surface area contributed by atoms with Gasteiger partial charge >= 0.3 is 0 Å². The van der Waals surface area contributed by atoms with E-state index in [0.29, 0.717) is 28.9 Å². The third-order valence-corrected chi connectivity index (χ3v) is 13.0. The van der Waals surface area contributed by atoms with Gasteiger partial charge in [-0.1, -0.05) is 140 Å². The molecule has 0 saturated heterocycles. The van der Waals surface area contributed by atoms with Crippen LogP contribution in [0.4, 0.5) is 0 Å². The van der Waals surface area contributed by atoms with E-state index in [4.69, 9.17) is 29.3 Å². The first kappa shape index (κ1) is 35.4. The summed E-state index contributed by atoms with van der Waals surface area (Å²) in [4.78, 5) is 26.2. The fourth-order valence-corrected chi connectivity index (χ4v) is 10.1. The lowest BCUT2D eigenvalue weighted by atomic mass is 10.0. The van der Waals surface area contributed by atoms with Crippen LogP contribution in [0.1, 0.15) is 0 Å². The number of nitrogens with zero attached hydrogens (tertiary/aromatic N) is 6. The summed E-state index contributed by atoms with van der Waals surface area (Å²) >= 11 is 1.83. The molecule has 0 saturated carbocycles. The summed E-state index contributed by atoms with van der Waals surface area (Å²) in [5.41, 5.74) is 10.4. The summed E-state index contributed by atoms with van der Waals surface area (Å²) < 4.78 is 11.4. The van der Waals surface area contributed by atoms with Crippen molar-refractivity contribution >= 4 is 75.4 Å². The molecule has 0 fully saturated rings. The van der Waals surface area contributed by atoms with Crippen molar-refractivity contribution in [3.63, 3.8) is 0 Å². The second kappa shape index (κ2) is 14.1. The fourth-order valence-electron chi connectivity index (χ4n) is 9.02. The first-order valence-corrected chi connectivity index (χ1v) is 21.7. The number of aromatic nitrogens is 6. The monoisotopic (exact) mass is 824 g/mol. The van der Waals surface area contributed by atoms with Gasteiger partial charge in [0, 0.05) is 64.1 Å². The average Bonchev–Trinajstić information content (AvgIpc) is 4.04. The maximum Gasteiger partial charge on any atom is 0.180 e. The van der Waals surface area contributed by atoms with Crippen LogP contribution in [-0.4, -0.2) is 29.5 Å². The van der Waals surface area contributed by atoms with Gasteiger partial charge in [-0.05, 0) is 54.6 Å². The van der Waals surface area contributed by atoms with E-state index in [1.54, 1.807) is 0 Å². The Morgan fingerprint density at radius 3 is 1.75 bits per heavy atom. The van der Waals surface area contributed by atoms with E-state index >= 15 is 0 Å². The van der Waals surface area contributed by atoms with E-state index in [1.165, 1.54) is 30.9 Å². The summed E-state index contributed by atoms with van der Waals surface area (Å²) in [7, 11) is 0. The molecule has 63 heavy (non-hydrogen) atoms. The molecule has 5 aromatic heterocycles. The molecular weight excluding hydrogens is 793 g/mol. The molecule has 0 N–H and O–H groups in total. The smallest absolute Gasteiger partial charge is 0.180 e. The van der Waals surface area contributed by atoms with Crippen molar-refractivity contribution in [1.82, 2.24) is 29.5 Å². The molecule has 294 valence electrons. The minimum Gasteiger partial charge on any atom is -0.452 e. The van der Waals surface area contributed by atoms with Gasteiger partial charge < -0.3 is 8.98 Å². The second-order valence-corrected chi connectivity index (χ2v) is 16.7. The third-order valence-electron chi connectivity index (χ3n) is 11.9. The molecule has 0 bridgehead atoms. The Kier molecular flexibility index (Phi) is 7.94. The summed E-state index contributed by atoms with van der Waals surface area (Å²) in [6.45, 7) is 0. The number of furan rings is 1. The Hall–Kier alpha value is -8.33. The highest BCUT2D eigenvalue weighted by atomic mass is 32.1. The standard InChI is InChI=1S/C55H32N6OS/c1-4-16-33(17-5-1)49-51-50(38-23-11-14-26-44(38)62-51)57-54(56-49)36-28-29-42(40(32-36)55-59-52(34-18-6-2-7-19-34)58-53(60-55)35-20-8-3-9-21-35)61-41-25-13-10-22-37(41)47-43(61)30-31-46-48(47)39-24-12-15-27-45(39)63-46/h1-32H. The van der Waals surface area contributed by atoms with E-state index in [9.17, 15) is 0 Å². The number of hydrogen-bond acceptors (Lipinski definition) is 7. The Bertz CT molecular complexity index is 3860. The molecular formula is C55H32N6OS. The molecule has 0 aliphatic rings. The molecule has 8 aromatic carbocycles. The van der Waals surface area contributed by atoms with Crippen molar-refractivity contribution in [1.29, 1.82) is 0 Å². The molecule has 0 aliphatic carbocycles. The Morgan fingerprint density at radius 1 is 0.397 bits per heavy atom. The zero-order valence-electron chi connectivity index (χ0n) is 33.5. The first-order valence-electron chi connectivity index (χ1n) is 20.8. The molecule has 0 aliphatic heterocycles. The van der Waals surface area contributed by atoms with E-state index < -0.39 is 0 Å². The lowest BCUT2D eigenvalue weighted by molar-refractivity contribution is 0.667. The van der Waals surface area contributed by atoms with Crippen molar-refractivity contribution in [2.45, 2.75) is 0 Å². The van der Waals surface area contributed by atoms with Crippen LogP contribution in [0.3, 0.4) is 0 Å². The predicted octanol–water partition coefficient (Wildman–Crippen LogP) is 14.4. The van der Waals surface area contributed by atoms with Crippen molar-refractivity contribution in [3.05, 3.63) is 194 Å². The molecule has 0 radical (unpaired) electrons. The Labute approximate surface area is 364 Å². The second-order valence-electron chi connectivity index (χ2n) is 15.6. The molecule has 13 rings (SSSR count). The van der Waals surface area contributed by atoms with Gasteiger partial charge in [0.15, 0.2) is 28.9 Å². The number of benzene rings is 8. The maximum atomic E-state index is 6.48. The number of fused-ring (bicyclic) bond motifs is 10. The SMILES string of the molecule is c1ccc(-c2nc(-c3ccccc3)nc(-c3cc(-c4nc(-c5ccccc5)c5oc6ccccc6c5n4)ccc3-n3c4ccccc4c4c5c(ccc43)sc3ccccc35)n2)cc1. The van der Waals surface area contributed by atoms with Crippen LogP contribution in [0, 0.1) is 0 Å². The van der Waals surface area contributed by atoms with Crippen LogP contribution >= 0.6 is 11.3 Å². The summed E-state index contributed by atoms with van der Waals surface area (Å²) in [5.74, 6) is 2.26. The van der Waals surface area contributed by atoms with E-state index in [1.807, 2.05) is 108 Å². The minimum atomic E-state index is 0.533. The highest BCUT2D eigenvalue weighted by Gasteiger charge is 2.24. The minimum absolute atomic E-state index is 0.533. The highest BCUT2D eigenvalue weighted by Crippen LogP contribution is 2.45. The van der Waals surface area contributed by atoms with E-state index in [2.05, 4.69) is 102 Å². The Balaban J connectivity index is 1.13. The Morgan fingerprint density at radius 2 is 1.00 bits per heavy atom. The van der Waals surface area contributed by atoms with Gasteiger partial charge in [0.25, 0.3) is 0 Å². The number of hydrogen-bond donors (Lipinski definition) is 0. The first-order chi connectivity index (χ1) is 31.2. The van der Waals surface area contributed by atoms with Gasteiger partial charge in [-0.15, -0.1) is 11.3 Å². The number of rotatable bonds is 6. The lowest BCUT2D eigenvalue weighted by Crippen LogP contribution is -2.04. The zero-order valence-corrected chi connectivity index (χ0v) is 34.3. The van der Waals surface area contributed by atoms with E-state index in [0.717, 1.165) is 66.7 Å². The third kappa shape index (κ3) is 5.69. The number of para-hydroxylation sites is 2. The topological polar surface area (TPSA) is 82.5 Å². The molecule has 0 unspecified atom stereocenters. The van der Waals surface area contributed by atoms with Gasteiger partial charge in [-0.2, -0.15) is 0 Å². The molecule has 0 atom stereocenters. The molecule has 13 aromatic rings. The van der Waals surface area contributed by atoms with Crippen LogP contribution in [0.2, 0.25) is 0 Å².